The molecule has 2 heterocycles. The lowest BCUT2D eigenvalue weighted by atomic mass is 10.1. The van der Waals surface area contributed by atoms with Crippen LogP contribution in [-0.2, 0) is 6.61 Å². The summed E-state index contributed by atoms with van der Waals surface area (Å²) in [6.45, 7) is 0.122. The summed E-state index contributed by atoms with van der Waals surface area (Å²) in [5, 5.41) is 19.1. The Bertz CT molecular complexity index is 913. The fourth-order valence-corrected chi connectivity index (χ4v) is 3.26. The number of aliphatic hydroxyl groups is 1. The van der Waals surface area contributed by atoms with E-state index in [0.29, 0.717) is 11.8 Å². The third kappa shape index (κ3) is 4.75. The quantitative estimate of drug-likeness (QED) is 0.688. The number of aldehydes is 1. The maximum atomic E-state index is 13.9. The molecule has 2 aromatic rings. The molecule has 1 unspecified atom stereocenters. The van der Waals surface area contributed by atoms with Crippen LogP contribution >= 0.6 is 11.6 Å². The Balaban J connectivity index is 1.81. The molecule has 1 amide bonds. The summed E-state index contributed by atoms with van der Waals surface area (Å²) in [5.41, 5.74) is 0.567. The van der Waals surface area contributed by atoms with Crippen molar-refractivity contribution in [2.75, 3.05) is 31.1 Å². The molecule has 0 saturated carbocycles. The summed E-state index contributed by atoms with van der Waals surface area (Å²) in [6, 6.07) is 6.68. The van der Waals surface area contributed by atoms with E-state index < -0.39 is 18.0 Å². The molecular formula is C19H19ClFN3O5. The van der Waals surface area contributed by atoms with Gasteiger partial charge in [0, 0.05) is 36.3 Å². The molecule has 1 aromatic heterocycles. The molecule has 0 aliphatic carbocycles. The van der Waals surface area contributed by atoms with Crippen LogP contribution in [0.3, 0.4) is 0 Å². The Labute approximate surface area is 171 Å². The van der Waals surface area contributed by atoms with Gasteiger partial charge >= 0.3 is 6.09 Å². The molecule has 154 valence electrons. The first-order valence-electron chi connectivity index (χ1n) is 8.81. The second-order valence-corrected chi connectivity index (χ2v) is 6.90. The maximum Gasteiger partial charge on any atom is 0.407 e. The number of halogens is 2. The van der Waals surface area contributed by atoms with Crippen molar-refractivity contribution in [2.45, 2.75) is 12.6 Å². The largest absolute Gasteiger partial charge is 0.473 e. The van der Waals surface area contributed by atoms with Crippen molar-refractivity contribution in [1.82, 2.24) is 9.88 Å². The lowest BCUT2D eigenvalue weighted by Gasteiger charge is -2.40. The van der Waals surface area contributed by atoms with Crippen molar-refractivity contribution >= 4 is 29.8 Å². The first-order valence-corrected chi connectivity index (χ1v) is 9.19. The maximum absolute atomic E-state index is 13.9. The van der Waals surface area contributed by atoms with Crippen molar-refractivity contribution in [1.29, 1.82) is 0 Å². The molecule has 1 aliphatic rings. The summed E-state index contributed by atoms with van der Waals surface area (Å²) in [4.78, 5) is 29.9. The number of amides is 1. The van der Waals surface area contributed by atoms with Gasteiger partial charge in [-0.3, -0.25) is 4.79 Å². The van der Waals surface area contributed by atoms with Gasteiger partial charge < -0.3 is 24.7 Å². The van der Waals surface area contributed by atoms with E-state index in [1.165, 1.54) is 29.2 Å². The van der Waals surface area contributed by atoms with Crippen LogP contribution in [0.15, 0.2) is 30.3 Å². The summed E-state index contributed by atoms with van der Waals surface area (Å²) in [7, 11) is 0. The van der Waals surface area contributed by atoms with Crippen LogP contribution in [0.2, 0.25) is 5.02 Å². The molecule has 1 fully saturated rings. The van der Waals surface area contributed by atoms with Gasteiger partial charge in [-0.25, -0.2) is 9.18 Å². The number of carboxylic acid groups (broad SMARTS) is 1. The SMILES string of the molecule is O=Cc1ccc(OCc2ccc(Cl)cc2F)nc1N1CCN(C(=O)O)CC1CO. The molecule has 1 atom stereocenters. The van der Waals surface area contributed by atoms with Gasteiger partial charge in [-0.15, -0.1) is 0 Å². The van der Waals surface area contributed by atoms with E-state index in [-0.39, 0.29) is 55.1 Å². The number of pyridine rings is 1. The predicted molar refractivity (Wildman–Crippen MR) is 103 cm³/mol. The molecular weight excluding hydrogens is 405 g/mol. The van der Waals surface area contributed by atoms with Crippen LogP contribution < -0.4 is 9.64 Å². The van der Waals surface area contributed by atoms with Crippen LogP contribution in [0.5, 0.6) is 5.88 Å². The summed E-state index contributed by atoms with van der Waals surface area (Å²) < 4.78 is 19.5. The van der Waals surface area contributed by atoms with Gasteiger partial charge in [0.1, 0.15) is 18.2 Å². The molecule has 10 heteroatoms. The number of aliphatic hydroxyl groups excluding tert-OH is 1. The molecule has 2 N–H and O–H groups in total. The van der Waals surface area contributed by atoms with E-state index in [9.17, 15) is 19.1 Å². The summed E-state index contributed by atoms with van der Waals surface area (Å²) >= 11 is 5.74. The third-order valence-electron chi connectivity index (χ3n) is 4.63. The standard InChI is InChI=1S/C19H19ClFN3O5/c20-14-3-1-13(16(21)7-14)11-29-17-4-2-12(9-25)18(22-17)24-6-5-23(19(27)28)8-15(24)10-26/h1-4,7,9,15,26H,5-6,8,10-11H2,(H,27,28). The van der Waals surface area contributed by atoms with E-state index in [4.69, 9.17) is 21.4 Å². The van der Waals surface area contributed by atoms with Gasteiger partial charge in [0.2, 0.25) is 5.88 Å². The predicted octanol–water partition coefficient (Wildman–Crippen LogP) is 2.43. The molecule has 1 aromatic carbocycles. The number of benzene rings is 1. The van der Waals surface area contributed by atoms with E-state index >= 15 is 0 Å². The lowest BCUT2D eigenvalue weighted by Crippen LogP contribution is -2.56. The van der Waals surface area contributed by atoms with Crippen LogP contribution in [-0.4, -0.2) is 64.8 Å². The molecule has 0 bridgehead atoms. The zero-order valence-electron chi connectivity index (χ0n) is 15.3. The number of hydrogen-bond acceptors (Lipinski definition) is 6. The minimum absolute atomic E-state index is 0.0763. The smallest absolute Gasteiger partial charge is 0.407 e. The lowest BCUT2D eigenvalue weighted by molar-refractivity contribution is 0.111. The minimum atomic E-state index is -1.08. The second kappa shape index (κ2) is 9.06. The summed E-state index contributed by atoms with van der Waals surface area (Å²) in [6.07, 6.45) is -0.447. The highest BCUT2D eigenvalue weighted by molar-refractivity contribution is 6.30. The second-order valence-electron chi connectivity index (χ2n) is 6.46. The van der Waals surface area contributed by atoms with E-state index in [2.05, 4.69) is 4.98 Å². The molecule has 1 saturated heterocycles. The zero-order valence-corrected chi connectivity index (χ0v) is 16.0. The van der Waals surface area contributed by atoms with E-state index in [1.54, 1.807) is 11.0 Å². The molecule has 0 spiro atoms. The van der Waals surface area contributed by atoms with E-state index in [1.807, 2.05) is 0 Å². The number of piperazine rings is 1. The Morgan fingerprint density at radius 3 is 2.79 bits per heavy atom. The molecule has 3 rings (SSSR count). The summed E-state index contributed by atoms with van der Waals surface area (Å²) in [5.74, 6) is -0.0668. The number of carbonyl (C=O) groups is 2. The fourth-order valence-electron chi connectivity index (χ4n) is 3.10. The van der Waals surface area contributed by atoms with Gasteiger partial charge in [0.15, 0.2) is 6.29 Å². The first kappa shape index (κ1) is 20.8. The van der Waals surface area contributed by atoms with Crippen molar-refractivity contribution in [3.8, 4) is 5.88 Å². The number of hydrogen-bond donors (Lipinski definition) is 2. The number of anilines is 1. The highest BCUT2D eigenvalue weighted by Crippen LogP contribution is 2.26. The van der Waals surface area contributed by atoms with Gasteiger partial charge in [0.05, 0.1) is 18.2 Å². The fraction of sp³-hybridized carbons (Fsp3) is 0.316. The van der Waals surface area contributed by atoms with Crippen LogP contribution in [0.25, 0.3) is 0 Å². The number of carbonyl (C=O) groups excluding carboxylic acids is 1. The molecule has 29 heavy (non-hydrogen) atoms. The van der Waals surface area contributed by atoms with Gasteiger partial charge in [-0.05, 0) is 18.2 Å². The Hall–Kier alpha value is -2.91. The normalized spacial score (nSPS) is 16.6. The zero-order chi connectivity index (χ0) is 21.0. The van der Waals surface area contributed by atoms with Crippen LogP contribution in [0.4, 0.5) is 15.0 Å². The van der Waals surface area contributed by atoms with Crippen molar-refractivity contribution < 1.29 is 28.9 Å². The number of nitrogens with zero attached hydrogens (tertiary/aromatic N) is 3. The first-order chi connectivity index (χ1) is 13.9. The van der Waals surface area contributed by atoms with E-state index in [0.717, 1.165) is 0 Å². The van der Waals surface area contributed by atoms with Crippen LogP contribution in [0, 0.1) is 5.82 Å². The minimum Gasteiger partial charge on any atom is -0.473 e. The highest BCUT2D eigenvalue weighted by Gasteiger charge is 2.31. The monoisotopic (exact) mass is 423 g/mol. The van der Waals surface area contributed by atoms with Gasteiger partial charge in [0.25, 0.3) is 0 Å². The Morgan fingerprint density at radius 2 is 2.14 bits per heavy atom. The number of aromatic nitrogens is 1. The van der Waals surface area contributed by atoms with Crippen LogP contribution in [0.1, 0.15) is 15.9 Å². The highest BCUT2D eigenvalue weighted by atomic mass is 35.5. The van der Waals surface area contributed by atoms with Gasteiger partial charge in [-0.2, -0.15) is 4.98 Å². The Morgan fingerprint density at radius 1 is 1.34 bits per heavy atom. The van der Waals surface area contributed by atoms with Gasteiger partial charge in [-0.1, -0.05) is 17.7 Å². The van der Waals surface area contributed by atoms with Crippen molar-refractivity contribution in [3.05, 3.63) is 52.3 Å². The topological polar surface area (TPSA) is 103 Å². The number of ether oxygens (including phenoxy) is 1. The number of rotatable bonds is 6. The Kier molecular flexibility index (Phi) is 6.50. The third-order valence-corrected chi connectivity index (χ3v) is 4.87. The van der Waals surface area contributed by atoms with Crippen molar-refractivity contribution in [2.24, 2.45) is 0 Å². The molecule has 8 nitrogen and oxygen atoms in total. The average molecular weight is 424 g/mol. The van der Waals surface area contributed by atoms with Crippen molar-refractivity contribution in [3.63, 3.8) is 0 Å². The average Bonchev–Trinajstić information content (AvgIpc) is 2.72. The molecule has 1 aliphatic heterocycles. The molecule has 0 radical (unpaired) electrons.